The van der Waals surface area contributed by atoms with Crippen molar-refractivity contribution in [1.82, 2.24) is 4.90 Å². The molecule has 49 heavy (non-hydrogen) atoms. The van der Waals surface area contributed by atoms with Crippen LogP contribution in [0.3, 0.4) is 0 Å². The number of rotatable bonds is 30. The van der Waals surface area contributed by atoms with Gasteiger partial charge in [-0.25, -0.2) is 9.59 Å². The van der Waals surface area contributed by atoms with Crippen LogP contribution in [0.25, 0.3) is 0 Å². The molecule has 8 nitrogen and oxygen atoms in total. The summed E-state index contributed by atoms with van der Waals surface area (Å²) in [5, 5.41) is 0. The first-order chi connectivity index (χ1) is 23.9. The van der Waals surface area contributed by atoms with Gasteiger partial charge in [0, 0.05) is 25.0 Å². The summed E-state index contributed by atoms with van der Waals surface area (Å²) in [6.07, 6.45) is 30.9. The van der Waals surface area contributed by atoms with Crippen molar-refractivity contribution in [1.29, 1.82) is 0 Å². The van der Waals surface area contributed by atoms with E-state index in [0.717, 1.165) is 102 Å². The smallest absolute Gasteiger partial charge is 0.465 e. The molecular formula is C41H71NO7. The molecule has 0 N–H and O–H groups in total. The summed E-state index contributed by atoms with van der Waals surface area (Å²) in [7, 11) is 2.05. The molecule has 1 saturated heterocycles. The molecule has 0 amide bonds. The molecule has 0 spiro atoms. The van der Waals surface area contributed by atoms with E-state index in [1.54, 1.807) is 6.08 Å². The largest absolute Gasteiger partial charge is 0.508 e. The molecule has 0 aromatic rings. The fourth-order valence-corrected chi connectivity index (χ4v) is 5.86. The lowest BCUT2D eigenvalue weighted by Gasteiger charge is -2.18. The zero-order valence-electron chi connectivity index (χ0n) is 31.7. The van der Waals surface area contributed by atoms with Gasteiger partial charge >= 0.3 is 18.1 Å². The van der Waals surface area contributed by atoms with E-state index in [9.17, 15) is 14.4 Å². The summed E-state index contributed by atoms with van der Waals surface area (Å²) in [5.74, 6) is -0.869. The molecule has 1 fully saturated rings. The van der Waals surface area contributed by atoms with Crippen LogP contribution in [0.4, 0.5) is 4.79 Å². The third kappa shape index (κ3) is 26.9. The van der Waals surface area contributed by atoms with Crippen LogP contribution in [0.5, 0.6) is 0 Å². The zero-order chi connectivity index (χ0) is 35.8. The first-order valence-corrected chi connectivity index (χ1v) is 19.7. The molecule has 8 heteroatoms. The van der Waals surface area contributed by atoms with Gasteiger partial charge in [0.2, 0.25) is 0 Å². The van der Waals surface area contributed by atoms with Gasteiger partial charge in [-0.3, -0.25) is 4.79 Å². The third-order valence-corrected chi connectivity index (χ3v) is 8.88. The average Bonchev–Trinajstić information content (AvgIpc) is 3.51. The summed E-state index contributed by atoms with van der Waals surface area (Å²) in [6, 6.07) is 0. The van der Waals surface area contributed by atoms with E-state index in [2.05, 4.69) is 57.0 Å². The number of hydrogen-bond acceptors (Lipinski definition) is 8. The number of likely N-dealkylation sites (tertiary alicyclic amines) is 1. The Balaban J connectivity index is 2.41. The maximum atomic E-state index is 12.7. The van der Waals surface area contributed by atoms with Gasteiger partial charge in [-0.05, 0) is 77.8 Å². The molecule has 1 aliphatic heterocycles. The maximum Gasteiger partial charge on any atom is 0.508 e. The molecule has 2 unspecified atom stereocenters. The van der Waals surface area contributed by atoms with E-state index >= 15 is 0 Å². The Bertz CT molecular complexity index is 944. The van der Waals surface area contributed by atoms with E-state index in [1.165, 1.54) is 38.5 Å². The SMILES string of the molecule is CCCCC/C=C\C/C=C\CCCCCCCC(=O)OCC(COC(=O)/C=C(\CCC)CCCCCC)COC(=O)OCC1CCN(C)C1. The van der Waals surface area contributed by atoms with E-state index in [-0.39, 0.29) is 25.8 Å². The van der Waals surface area contributed by atoms with E-state index in [4.69, 9.17) is 18.9 Å². The highest BCUT2D eigenvalue weighted by molar-refractivity contribution is 5.82. The van der Waals surface area contributed by atoms with Crippen LogP contribution in [0.15, 0.2) is 36.0 Å². The fraction of sp³-hybridized carbons (Fsp3) is 0.780. The minimum atomic E-state index is -0.750. The normalized spacial score (nSPS) is 16.0. The van der Waals surface area contributed by atoms with Crippen molar-refractivity contribution in [2.75, 3.05) is 46.6 Å². The average molecular weight is 690 g/mol. The molecule has 0 saturated carbocycles. The molecule has 2 atom stereocenters. The highest BCUT2D eigenvalue weighted by Gasteiger charge is 2.22. The van der Waals surface area contributed by atoms with Gasteiger partial charge in [0.15, 0.2) is 0 Å². The predicted molar refractivity (Wildman–Crippen MR) is 199 cm³/mol. The van der Waals surface area contributed by atoms with Crippen LogP contribution < -0.4 is 0 Å². The van der Waals surface area contributed by atoms with Gasteiger partial charge < -0.3 is 23.8 Å². The minimum Gasteiger partial charge on any atom is -0.465 e. The quantitative estimate of drug-likeness (QED) is 0.0242. The number of ether oxygens (including phenoxy) is 4. The Kier molecular flexibility index (Phi) is 28.4. The molecule has 0 bridgehead atoms. The molecule has 1 heterocycles. The van der Waals surface area contributed by atoms with Crippen molar-refractivity contribution < 1.29 is 33.3 Å². The second-order valence-corrected chi connectivity index (χ2v) is 13.8. The minimum absolute atomic E-state index is 0.00955. The van der Waals surface area contributed by atoms with Gasteiger partial charge in [-0.15, -0.1) is 0 Å². The molecule has 0 aliphatic carbocycles. The number of carbonyl (C=O) groups excluding carboxylic acids is 3. The van der Waals surface area contributed by atoms with E-state index in [0.29, 0.717) is 18.9 Å². The molecule has 1 aliphatic rings. The van der Waals surface area contributed by atoms with Crippen molar-refractivity contribution >= 4 is 18.1 Å². The first-order valence-electron chi connectivity index (χ1n) is 19.7. The van der Waals surface area contributed by atoms with Crippen LogP contribution >= 0.6 is 0 Å². The van der Waals surface area contributed by atoms with Gasteiger partial charge in [0.25, 0.3) is 0 Å². The number of nitrogens with zero attached hydrogens (tertiary/aromatic N) is 1. The molecule has 0 aromatic heterocycles. The van der Waals surface area contributed by atoms with Gasteiger partial charge in [0.1, 0.15) is 19.8 Å². The topological polar surface area (TPSA) is 91.4 Å². The monoisotopic (exact) mass is 690 g/mol. The van der Waals surface area contributed by atoms with Gasteiger partial charge in [-0.2, -0.15) is 0 Å². The van der Waals surface area contributed by atoms with Crippen LogP contribution in [-0.2, 0) is 28.5 Å². The van der Waals surface area contributed by atoms with Crippen molar-refractivity contribution in [3.8, 4) is 0 Å². The Morgan fingerprint density at radius 1 is 0.673 bits per heavy atom. The maximum absolute atomic E-state index is 12.7. The molecule has 282 valence electrons. The van der Waals surface area contributed by atoms with Crippen LogP contribution in [0.2, 0.25) is 0 Å². The lowest BCUT2D eigenvalue weighted by molar-refractivity contribution is -0.148. The number of allylic oxidation sites excluding steroid dienone is 5. The summed E-state index contributed by atoms with van der Waals surface area (Å²) in [4.78, 5) is 39.7. The summed E-state index contributed by atoms with van der Waals surface area (Å²) in [6.45, 7) is 8.65. The predicted octanol–water partition coefficient (Wildman–Crippen LogP) is 10.3. The standard InChI is InChI=1S/C41H71NO7/c1-5-8-10-12-13-14-15-16-17-18-19-20-21-22-24-27-39(43)46-33-38(35-49-41(45)48-32-37-28-29-42(4)31-37)34-47-40(44)30-36(25-7-3)26-23-11-9-6-2/h13-14,16-17,30,37-38H,5-12,15,18-29,31-35H2,1-4H3/b14-13-,17-16-,36-30+. The van der Waals surface area contributed by atoms with E-state index in [1.807, 2.05) is 0 Å². The van der Waals surface area contributed by atoms with E-state index < -0.39 is 18.0 Å². The zero-order valence-corrected chi connectivity index (χ0v) is 31.7. The second-order valence-electron chi connectivity index (χ2n) is 13.8. The van der Waals surface area contributed by atoms with Crippen molar-refractivity contribution in [2.45, 2.75) is 149 Å². The summed E-state index contributed by atoms with van der Waals surface area (Å²) < 4.78 is 21.8. The van der Waals surface area contributed by atoms with Crippen molar-refractivity contribution in [3.05, 3.63) is 36.0 Å². The van der Waals surface area contributed by atoms with Gasteiger partial charge in [-0.1, -0.05) is 108 Å². The molecule has 1 rings (SSSR count). The Morgan fingerprint density at radius 3 is 1.98 bits per heavy atom. The number of esters is 2. The molecule has 0 aromatic carbocycles. The highest BCUT2D eigenvalue weighted by atomic mass is 16.7. The van der Waals surface area contributed by atoms with Gasteiger partial charge in [0.05, 0.1) is 12.5 Å². The fourth-order valence-electron chi connectivity index (χ4n) is 5.86. The van der Waals surface area contributed by atoms with Crippen molar-refractivity contribution in [2.24, 2.45) is 11.8 Å². The third-order valence-electron chi connectivity index (χ3n) is 8.88. The Morgan fingerprint density at radius 2 is 1.29 bits per heavy atom. The highest BCUT2D eigenvalue weighted by Crippen LogP contribution is 2.17. The lowest BCUT2D eigenvalue weighted by Crippen LogP contribution is -2.27. The summed E-state index contributed by atoms with van der Waals surface area (Å²) in [5.41, 5.74) is 1.10. The number of carbonyl (C=O) groups is 3. The Hall–Kier alpha value is -2.61. The van der Waals surface area contributed by atoms with Crippen LogP contribution in [0, 0.1) is 11.8 Å². The lowest BCUT2D eigenvalue weighted by atomic mass is 10.0. The van der Waals surface area contributed by atoms with Crippen LogP contribution in [0.1, 0.15) is 149 Å². The number of hydrogen-bond donors (Lipinski definition) is 0. The second kappa shape index (κ2) is 31.4. The van der Waals surface area contributed by atoms with Crippen molar-refractivity contribution in [3.63, 3.8) is 0 Å². The Labute approximate surface area is 299 Å². The molecular weight excluding hydrogens is 618 g/mol. The molecule has 0 radical (unpaired) electrons. The number of unbranched alkanes of at least 4 members (excludes halogenated alkanes) is 11. The van der Waals surface area contributed by atoms with Crippen LogP contribution in [-0.4, -0.2) is 69.6 Å². The summed E-state index contributed by atoms with van der Waals surface area (Å²) >= 11 is 0. The first kappa shape index (κ1) is 44.4.